The van der Waals surface area contributed by atoms with E-state index in [-0.39, 0.29) is 31.4 Å². The van der Waals surface area contributed by atoms with Crippen molar-refractivity contribution >= 4 is 56.3 Å². The Morgan fingerprint density at radius 1 is 1.07 bits per heavy atom. The Hall–Kier alpha value is -4.64. The minimum absolute atomic E-state index is 0.00553. The van der Waals surface area contributed by atoms with E-state index in [1.165, 1.54) is 22.3 Å². The van der Waals surface area contributed by atoms with E-state index >= 15 is 0 Å². The number of hydrogen-bond donors (Lipinski definition) is 3. The van der Waals surface area contributed by atoms with Gasteiger partial charge in [-0.05, 0) is 73.9 Å². The minimum Gasteiger partial charge on any atom is -0.471 e. The largest absolute Gasteiger partial charge is 0.471 e. The SMILES string of the molecule is C=C[C@@H]1CC1(NC(=O)[C@@H]1C[C@@H](Oc2nc3cccnc3nc2-c2cccs2)CN1C(=O)[C@@H](NC(=O)OC1CCCC1)C(C)(C)C)C(=O)NS(=O)(=O)C1CC1. The second-order valence-electron chi connectivity index (χ2n) is 15.6. The number of fused-ring (bicyclic) bond motifs is 1. The Kier molecular flexibility index (Phi) is 10.1. The average Bonchev–Trinajstić information content (AvgIpc) is 3.88. The van der Waals surface area contributed by atoms with Gasteiger partial charge in [0, 0.05) is 18.5 Å². The highest BCUT2D eigenvalue weighted by atomic mass is 32.2. The molecule has 15 nitrogen and oxygen atoms in total. The molecule has 4 aliphatic rings. The summed E-state index contributed by atoms with van der Waals surface area (Å²) in [6.45, 7) is 9.11. The molecule has 3 aliphatic carbocycles. The number of nitrogens with zero attached hydrogens (tertiary/aromatic N) is 4. The van der Waals surface area contributed by atoms with Crippen molar-refractivity contribution in [1.29, 1.82) is 0 Å². The summed E-state index contributed by atoms with van der Waals surface area (Å²) in [5, 5.41) is 6.83. The van der Waals surface area contributed by atoms with E-state index in [4.69, 9.17) is 19.4 Å². The topological polar surface area (TPSA) is 199 Å². The predicted octanol–water partition coefficient (Wildman–Crippen LogP) is 3.85. The smallest absolute Gasteiger partial charge is 0.408 e. The number of nitrogens with one attached hydrogen (secondary N) is 3. The molecule has 5 atom stereocenters. The van der Waals surface area contributed by atoms with Crippen LogP contribution in [-0.2, 0) is 29.1 Å². The molecule has 3 aromatic rings. The number of amides is 4. The number of carbonyl (C=O) groups excluding carboxylic acids is 4. The molecule has 0 spiro atoms. The van der Waals surface area contributed by atoms with E-state index in [0.29, 0.717) is 29.7 Å². The van der Waals surface area contributed by atoms with Gasteiger partial charge in [0.1, 0.15) is 41.0 Å². The van der Waals surface area contributed by atoms with Crippen molar-refractivity contribution in [3.8, 4) is 16.5 Å². The zero-order chi connectivity index (χ0) is 38.4. The van der Waals surface area contributed by atoms with Gasteiger partial charge >= 0.3 is 6.09 Å². The fourth-order valence-electron chi connectivity index (χ4n) is 7.21. The molecule has 7 rings (SSSR count). The number of carbonyl (C=O) groups is 4. The summed E-state index contributed by atoms with van der Waals surface area (Å²) in [5.74, 6) is -2.41. The maximum Gasteiger partial charge on any atom is 0.408 e. The summed E-state index contributed by atoms with van der Waals surface area (Å²) in [6, 6.07) is 4.96. The number of hydrogen-bond acceptors (Lipinski definition) is 12. The molecular formula is C37H45N7O8S2. The third kappa shape index (κ3) is 7.78. The van der Waals surface area contributed by atoms with E-state index in [9.17, 15) is 27.6 Å². The average molecular weight is 780 g/mol. The van der Waals surface area contributed by atoms with E-state index in [2.05, 4.69) is 26.9 Å². The summed E-state index contributed by atoms with van der Waals surface area (Å²) in [4.78, 5) is 71.6. The highest BCUT2D eigenvalue weighted by Gasteiger charge is 2.62. The molecule has 4 fully saturated rings. The number of rotatable bonds is 12. The summed E-state index contributed by atoms with van der Waals surface area (Å²) in [6.07, 6.45) is 5.85. The Labute approximate surface area is 317 Å². The fourth-order valence-corrected chi connectivity index (χ4v) is 9.28. The Morgan fingerprint density at radius 3 is 2.48 bits per heavy atom. The number of sulfonamides is 1. The van der Waals surface area contributed by atoms with E-state index < -0.39 is 74.1 Å². The molecule has 54 heavy (non-hydrogen) atoms. The molecule has 1 aliphatic heterocycles. The normalized spacial score (nSPS) is 24.8. The second-order valence-corrected chi connectivity index (χ2v) is 18.5. The van der Waals surface area contributed by atoms with Crippen molar-refractivity contribution in [3.63, 3.8) is 0 Å². The lowest BCUT2D eigenvalue weighted by molar-refractivity contribution is -0.143. The van der Waals surface area contributed by atoms with Crippen LogP contribution in [0.1, 0.15) is 72.1 Å². The van der Waals surface area contributed by atoms with Crippen LogP contribution in [0.2, 0.25) is 0 Å². The van der Waals surface area contributed by atoms with Crippen LogP contribution in [0.3, 0.4) is 0 Å². The van der Waals surface area contributed by atoms with Gasteiger partial charge in [-0.15, -0.1) is 17.9 Å². The predicted molar refractivity (Wildman–Crippen MR) is 200 cm³/mol. The van der Waals surface area contributed by atoms with E-state index in [0.717, 1.165) is 30.6 Å². The highest BCUT2D eigenvalue weighted by Crippen LogP contribution is 2.46. The third-order valence-electron chi connectivity index (χ3n) is 10.5. The van der Waals surface area contributed by atoms with Crippen LogP contribution in [-0.4, -0.2) is 93.7 Å². The first-order chi connectivity index (χ1) is 25.7. The van der Waals surface area contributed by atoms with Gasteiger partial charge in [-0.3, -0.25) is 19.1 Å². The van der Waals surface area contributed by atoms with Crippen LogP contribution in [0.5, 0.6) is 5.88 Å². The molecule has 288 valence electrons. The maximum absolute atomic E-state index is 14.6. The van der Waals surface area contributed by atoms with Crippen molar-refractivity contribution in [2.24, 2.45) is 11.3 Å². The van der Waals surface area contributed by atoms with Gasteiger partial charge in [-0.1, -0.05) is 32.9 Å². The molecular weight excluding hydrogens is 735 g/mol. The third-order valence-corrected chi connectivity index (χ3v) is 13.2. The Balaban J connectivity index is 1.18. The molecule has 4 amide bonds. The van der Waals surface area contributed by atoms with E-state index in [1.807, 2.05) is 17.5 Å². The van der Waals surface area contributed by atoms with Gasteiger partial charge in [-0.2, -0.15) is 0 Å². The van der Waals surface area contributed by atoms with Gasteiger partial charge in [-0.25, -0.2) is 28.2 Å². The first-order valence-corrected chi connectivity index (χ1v) is 20.7. The summed E-state index contributed by atoms with van der Waals surface area (Å²) in [7, 11) is -3.91. The summed E-state index contributed by atoms with van der Waals surface area (Å²) < 4.78 is 39.8. The monoisotopic (exact) mass is 779 g/mol. The standard InChI is InChI=1S/C37H45N7O8S2/c1-5-21-19-37(21,34(47)43-54(49,50)24-14-15-24)42-31(45)26-18-23(51-32-28(27-13-9-17-53-27)40-30-25(39-32)12-8-16-38-30)20-44(26)33(46)29(36(2,3)4)41-35(48)52-22-10-6-7-11-22/h5,8-9,12-13,16-17,21-24,26,29H,1,6-7,10-11,14-15,18-20H2,2-4H3,(H,41,48)(H,42,45)(H,43,47)/t21-,23-,26+,29-,37?/m1/s1. The van der Waals surface area contributed by atoms with Crippen molar-refractivity contribution in [1.82, 2.24) is 35.2 Å². The van der Waals surface area contributed by atoms with Crippen LogP contribution < -0.4 is 20.1 Å². The van der Waals surface area contributed by atoms with Crippen LogP contribution >= 0.6 is 11.3 Å². The fraction of sp³-hybridized carbons (Fsp3) is 0.541. The van der Waals surface area contributed by atoms with Crippen LogP contribution in [0.25, 0.3) is 21.7 Å². The molecule has 0 aromatic carbocycles. The lowest BCUT2D eigenvalue weighted by Gasteiger charge is -2.35. The number of thiophene rings is 1. The number of aromatic nitrogens is 3. The molecule has 17 heteroatoms. The van der Waals surface area contributed by atoms with Gasteiger partial charge in [0.15, 0.2) is 5.65 Å². The Morgan fingerprint density at radius 2 is 1.83 bits per heavy atom. The van der Waals surface area contributed by atoms with Crippen molar-refractivity contribution in [2.75, 3.05) is 6.54 Å². The maximum atomic E-state index is 14.6. The second kappa shape index (κ2) is 14.5. The lowest BCUT2D eigenvalue weighted by Crippen LogP contribution is -2.60. The number of alkyl carbamates (subject to hydrolysis) is 1. The van der Waals surface area contributed by atoms with Gasteiger partial charge in [0.25, 0.3) is 5.91 Å². The molecule has 1 saturated heterocycles. The molecule has 3 saturated carbocycles. The molecule has 0 bridgehead atoms. The zero-order valence-electron chi connectivity index (χ0n) is 30.4. The van der Waals surface area contributed by atoms with Crippen molar-refractivity contribution in [3.05, 3.63) is 48.5 Å². The molecule has 1 unspecified atom stereocenters. The van der Waals surface area contributed by atoms with Gasteiger partial charge < -0.3 is 25.0 Å². The van der Waals surface area contributed by atoms with E-state index in [1.54, 1.807) is 39.1 Å². The summed E-state index contributed by atoms with van der Waals surface area (Å²) >= 11 is 1.44. The van der Waals surface area contributed by atoms with Gasteiger partial charge in [0.2, 0.25) is 27.7 Å². The van der Waals surface area contributed by atoms with Crippen molar-refractivity contribution in [2.45, 2.75) is 107 Å². The molecule has 0 radical (unpaired) electrons. The van der Waals surface area contributed by atoms with Crippen LogP contribution in [0.4, 0.5) is 4.79 Å². The lowest BCUT2D eigenvalue weighted by atomic mass is 9.85. The summed E-state index contributed by atoms with van der Waals surface area (Å²) in [5.41, 5.74) is -1.01. The van der Waals surface area contributed by atoms with Gasteiger partial charge in [0.05, 0.1) is 16.7 Å². The van der Waals surface area contributed by atoms with Crippen molar-refractivity contribution < 1.29 is 37.1 Å². The van der Waals surface area contributed by atoms with Crippen LogP contribution in [0, 0.1) is 11.3 Å². The zero-order valence-corrected chi connectivity index (χ0v) is 32.1. The first kappa shape index (κ1) is 37.7. The Bertz CT molecular complexity index is 2060. The van der Waals surface area contributed by atoms with Crippen LogP contribution in [0.15, 0.2) is 48.5 Å². The molecule has 3 N–H and O–H groups in total. The molecule has 3 aromatic heterocycles. The first-order valence-electron chi connectivity index (χ1n) is 18.3. The molecule has 4 heterocycles. The number of ether oxygens (including phenoxy) is 2. The highest BCUT2D eigenvalue weighted by molar-refractivity contribution is 7.91. The quantitative estimate of drug-likeness (QED) is 0.226. The number of pyridine rings is 1. The minimum atomic E-state index is -3.91. The number of likely N-dealkylation sites (tertiary alicyclic amines) is 1.